The number of furan rings is 1. The molecule has 3 amide bonds. The number of carbonyl (C=O) groups is 3. The van der Waals surface area contributed by atoms with Gasteiger partial charge in [-0.3, -0.25) is 14.4 Å². The predicted molar refractivity (Wildman–Crippen MR) is 115 cm³/mol. The van der Waals surface area contributed by atoms with Crippen LogP contribution in [0.5, 0.6) is 0 Å². The Balaban J connectivity index is 1.35. The maximum atomic E-state index is 12.5. The van der Waals surface area contributed by atoms with E-state index in [0.717, 1.165) is 16.2 Å². The third-order valence-electron chi connectivity index (χ3n) is 4.51. The molecule has 0 saturated heterocycles. The molecule has 0 aliphatic carbocycles. The first-order chi connectivity index (χ1) is 14.6. The van der Waals surface area contributed by atoms with Crippen LogP contribution in [0.2, 0.25) is 0 Å². The highest BCUT2D eigenvalue weighted by Gasteiger charge is 2.16. The summed E-state index contributed by atoms with van der Waals surface area (Å²) in [6.45, 7) is 0.337. The van der Waals surface area contributed by atoms with Crippen LogP contribution < -0.4 is 16.0 Å². The molecule has 3 aromatic rings. The fourth-order valence-corrected chi connectivity index (χ4v) is 3.89. The second-order valence-corrected chi connectivity index (χ2v) is 7.81. The van der Waals surface area contributed by atoms with Gasteiger partial charge in [0, 0.05) is 34.9 Å². The minimum Gasteiger partial charge on any atom is -0.459 e. The smallest absolute Gasteiger partial charge is 0.291 e. The molecule has 30 heavy (non-hydrogen) atoms. The summed E-state index contributed by atoms with van der Waals surface area (Å²) in [6, 6.07) is 15.7. The van der Waals surface area contributed by atoms with E-state index in [0.29, 0.717) is 29.9 Å². The van der Waals surface area contributed by atoms with Gasteiger partial charge < -0.3 is 20.4 Å². The average Bonchev–Trinajstić information content (AvgIpc) is 3.22. The summed E-state index contributed by atoms with van der Waals surface area (Å²) in [7, 11) is 0. The number of nitrogens with one attached hydrogen (secondary N) is 3. The van der Waals surface area contributed by atoms with E-state index in [1.54, 1.807) is 48.2 Å². The summed E-state index contributed by atoms with van der Waals surface area (Å²) >= 11 is 1.60. The fraction of sp³-hybridized carbons (Fsp3) is 0.136. The number of anilines is 2. The average molecular weight is 421 g/mol. The molecule has 152 valence electrons. The first-order valence-corrected chi connectivity index (χ1v) is 10.4. The van der Waals surface area contributed by atoms with Gasteiger partial charge in [-0.1, -0.05) is 12.1 Å². The van der Waals surface area contributed by atoms with Crippen molar-refractivity contribution in [1.82, 2.24) is 5.32 Å². The predicted octanol–water partition coefficient (Wildman–Crippen LogP) is 3.90. The molecule has 2 aromatic carbocycles. The Bertz CT molecular complexity index is 1080. The number of benzene rings is 2. The minimum atomic E-state index is -0.325. The number of amides is 3. The van der Waals surface area contributed by atoms with Crippen LogP contribution in [0.1, 0.15) is 32.9 Å². The van der Waals surface area contributed by atoms with Crippen molar-refractivity contribution in [1.29, 1.82) is 0 Å². The summed E-state index contributed by atoms with van der Waals surface area (Å²) in [6.07, 6.45) is 1.90. The van der Waals surface area contributed by atoms with Gasteiger partial charge in [-0.05, 0) is 48.0 Å². The molecule has 4 rings (SSSR count). The van der Waals surface area contributed by atoms with Gasteiger partial charge in [0.05, 0.1) is 12.0 Å². The Labute approximate surface area is 177 Å². The molecule has 0 saturated carbocycles. The van der Waals surface area contributed by atoms with Gasteiger partial charge >= 0.3 is 0 Å². The molecular formula is C22H19N3O4S. The quantitative estimate of drug-likeness (QED) is 0.580. The number of rotatable bonds is 5. The fourth-order valence-electron chi connectivity index (χ4n) is 2.95. The molecule has 0 fully saturated rings. The van der Waals surface area contributed by atoms with Gasteiger partial charge in [-0.15, -0.1) is 11.8 Å². The largest absolute Gasteiger partial charge is 0.459 e. The minimum absolute atomic E-state index is 0.0435. The Morgan fingerprint density at radius 3 is 2.67 bits per heavy atom. The van der Waals surface area contributed by atoms with E-state index >= 15 is 0 Å². The molecule has 0 atom stereocenters. The zero-order valence-corrected chi connectivity index (χ0v) is 16.8. The van der Waals surface area contributed by atoms with Gasteiger partial charge in [0.15, 0.2) is 5.76 Å². The van der Waals surface area contributed by atoms with Gasteiger partial charge in [-0.25, -0.2) is 0 Å². The van der Waals surface area contributed by atoms with Crippen molar-refractivity contribution in [3.8, 4) is 0 Å². The number of fused-ring (bicyclic) bond motifs is 1. The van der Waals surface area contributed by atoms with Crippen LogP contribution in [0, 0.1) is 0 Å². The van der Waals surface area contributed by atoms with Gasteiger partial charge in [0.1, 0.15) is 0 Å². The lowest BCUT2D eigenvalue weighted by atomic mass is 10.1. The Hall–Kier alpha value is -3.52. The number of hydrogen-bond acceptors (Lipinski definition) is 5. The second-order valence-electron chi connectivity index (χ2n) is 6.67. The van der Waals surface area contributed by atoms with Crippen LogP contribution in [0.25, 0.3) is 0 Å². The molecule has 8 heteroatoms. The van der Waals surface area contributed by atoms with Crippen molar-refractivity contribution in [2.24, 2.45) is 0 Å². The molecule has 0 bridgehead atoms. The van der Waals surface area contributed by atoms with Crippen LogP contribution in [-0.2, 0) is 11.3 Å². The normalized spacial score (nSPS) is 13.0. The lowest BCUT2D eigenvalue weighted by Crippen LogP contribution is -2.23. The monoisotopic (exact) mass is 421 g/mol. The summed E-state index contributed by atoms with van der Waals surface area (Å²) in [5.74, 6) is 0.369. The first-order valence-electron chi connectivity index (χ1n) is 9.37. The molecule has 2 heterocycles. The van der Waals surface area contributed by atoms with E-state index in [9.17, 15) is 14.4 Å². The zero-order valence-electron chi connectivity index (χ0n) is 15.9. The van der Waals surface area contributed by atoms with Crippen molar-refractivity contribution < 1.29 is 18.8 Å². The maximum Gasteiger partial charge on any atom is 0.291 e. The summed E-state index contributed by atoms with van der Waals surface area (Å²) in [5, 5.41) is 8.46. The van der Waals surface area contributed by atoms with Crippen molar-refractivity contribution in [3.05, 3.63) is 77.7 Å². The van der Waals surface area contributed by atoms with Crippen LogP contribution in [0.15, 0.2) is 70.2 Å². The molecule has 7 nitrogen and oxygen atoms in total. The highest BCUT2D eigenvalue weighted by molar-refractivity contribution is 7.99. The molecule has 1 aromatic heterocycles. The second kappa shape index (κ2) is 8.87. The topological polar surface area (TPSA) is 100 Å². The lowest BCUT2D eigenvalue weighted by Gasteiger charge is -2.10. The Kier molecular flexibility index (Phi) is 5.85. The Morgan fingerprint density at radius 1 is 1.07 bits per heavy atom. The van der Waals surface area contributed by atoms with E-state index in [4.69, 9.17) is 4.42 Å². The highest BCUT2D eigenvalue weighted by atomic mass is 32.2. The van der Waals surface area contributed by atoms with Crippen molar-refractivity contribution in [3.63, 3.8) is 0 Å². The highest BCUT2D eigenvalue weighted by Crippen LogP contribution is 2.31. The first kappa shape index (κ1) is 19.8. The molecule has 0 unspecified atom stereocenters. The van der Waals surface area contributed by atoms with Crippen molar-refractivity contribution in [2.45, 2.75) is 17.9 Å². The zero-order chi connectivity index (χ0) is 20.9. The number of thioether (sulfide) groups is 1. The van der Waals surface area contributed by atoms with Gasteiger partial charge in [0.2, 0.25) is 5.91 Å². The summed E-state index contributed by atoms with van der Waals surface area (Å²) in [5.41, 5.74) is 2.68. The molecule has 0 radical (unpaired) electrons. The van der Waals surface area contributed by atoms with Crippen LogP contribution in [-0.4, -0.2) is 23.5 Å². The number of carbonyl (C=O) groups excluding carboxylic acids is 3. The van der Waals surface area contributed by atoms with E-state index < -0.39 is 0 Å². The van der Waals surface area contributed by atoms with E-state index in [1.165, 1.54) is 6.26 Å². The third kappa shape index (κ3) is 4.72. The third-order valence-corrected chi connectivity index (χ3v) is 5.59. The molecular weight excluding hydrogens is 402 g/mol. The van der Waals surface area contributed by atoms with E-state index in [2.05, 4.69) is 16.0 Å². The molecule has 3 N–H and O–H groups in total. The molecule has 1 aliphatic heterocycles. The standard InChI is InChI=1S/C22H19N3O4S/c26-20-9-11-30-19-8-5-15(12-17(19)25-20)21(27)23-13-14-3-6-16(7-4-14)24-22(28)18-2-1-10-29-18/h1-8,10,12H,9,11,13H2,(H,23,27)(H,24,28)(H,25,26). The number of hydrogen-bond donors (Lipinski definition) is 3. The van der Waals surface area contributed by atoms with E-state index in [1.807, 2.05) is 18.2 Å². The molecule has 0 spiro atoms. The summed E-state index contributed by atoms with van der Waals surface area (Å²) < 4.78 is 5.06. The van der Waals surface area contributed by atoms with Crippen molar-refractivity contribution >= 4 is 40.9 Å². The molecule has 1 aliphatic rings. The van der Waals surface area contributed by atoms with Crippen molar-refractivity contribution in [2.75, 3.05) is 16.4 Å². The maximum absolute atomic E-state index is 12.5. The SMILES string of the molecule is O=C1CCSc2ccc(C(=O)NCc3ccc(NC(=O)c4ccco4)cc3)cc2N1. The van der Waals surface area contributed by atoms with Crippen LogP contribution in [0.3, 0.4) is 0 Å². The lowest BCUT2D eigenvalue weighted by molar-refractivity contribution is -0.115. The Morgan fingerprint density at radius 2 is 1.90 bits per heavy atom. The van der Waals surface area contributed by atoms with Crippen LogP contribution in [0.4, 0.5) is 11.4 Å². The van der Waals surface area contributed by atoms with Gasteiger partial charge in [0.25, 0.3) is 11.8 Å². The van der Waals surface area contributed by atoms with E-state index in [-0.39, 0.29) is 23.5 Å². The van der Waals surface area contributed by atoms with Crippen LogP contribution >= 0.6 is 11.8 Å². The summed E-state index contributed by atoms with van der Waals surface area (Å²) in [4.78, 5) is 37.2. The van der Waals surface area contributed by atoms with Gasteiger partial charge in [-0.2, -0.15) is 0 Å².